The van der Waals surface area contributed by atoms with Crippen LogP contribution < -0.4 is 4.90 Å². The Bertz CT molecular complexity index is 823. The molecule has 0 aliphatic carbocycles. The summed E-state index contributed by atoms with van der Waals surface area (Å²) in [5, 5.41) is 5.43. The van der Waals surface area contributed by atoms with E-state index in [2.05, 4.69) is 59.1 Å². The minimum Gasteiger partial charge on any atom is -0.354 e. The molecule has 0 amide bonds. The number of pyridine rings is 1. The Morgan fingerprint density at radius 2 is 1.80 bits per heavy atom. The van der Waals surface area contributed by atoms with Crippen molar-refractivity contribution in [2.24, 2.45) is 0 Å². The van der Waals surface area contributed by atoms with Crippen LogP contribution in [-0.2, 0) is 0 Å². The van der Waals surface area contributed by atoms with Gasteiger partial charge in [-0.25, -0.2) is 9.67 Å². The predicted octanol–water partition coefficient (Wildman–Crippen LogP) is 3.37. The van der Waals surface area contributed by atoms with Gasteiger partial charge in [-0.05, 0) is 50.2 Å². The molecule has 1 aromatic carbocycles. The van der Waals surface area contributed by atoms with Crippen LogP contribution in [0.4, 0.5) is 5.82 Å². The van der Waals surface area contributed by atoms with Gasteiger partial charge in [0.15, 0.2) is 0 Å². The number of rotatable bonds is 3. The Labute approximate surface area is 154 Å². The molecule has 1 aliphatic rings. The molecule has 1 aliphatic heterocycles. The summed E-state index contributed by atoms with van der Waals surface area (Å²) in [6.45, 7) is 8.83. The average Bonchev–Trinajstić information content (AvgIpc) is 3.15. The highest BCUT2D eigenvalue weighted by Crippen LogP contribution is 2.22. The number of nitrogens with zero attached hydrogens (tertiary/aromatic N) is 5. The Hall–Kier alpha value is -2.11. The Balaban J connectivity index is 0.00000182. The molecule has 3 aromatic rings. The average molecular weight is 358 g/mol. The van der Waals surface area contributed by atoms with Crippen LogP contribution in [0.1, 0.15) is 13.8 Å². The third kappa shape index (κ3) is 3.62. The molecule has 0 saturated carbocycles. The van der Waals surface area contributed by atoms with Crippen molar-refractivity contribution < 1.29 is 0 Å². The maximum absolute atomic E-state index is 4.87. The van der Waals surface area contributed by atoms with Gasteiger partial charge in [-0.15, -0.1) is 12.4 Å². The lowest BCUT2D eigenvalue weighted by Gasteiger charge is -2.37. The monoisotopic (exact) mass is 357 g/mol. The Kier molecular flexibility index (Phi) is 5.25. The lowest BCUT2D eigenvalue weighted by molar-refractivity contribution is 0.209. The Morgan fingerprint density at radius 3 is 2.48 bits per heavy atom. The van der Waals surface area contributed by atoms with E-state index in [0.29, 0.717) is 6.04 Å². The molecule has 5 nitrogen and oxygen atoms in total. The zero-order valence-electron chi connectivity index (χ0n) is 14.7. The molecule has 0 unspecified atom stereocenters. The fourth-order valence-corrected chi connectivity index (χ4v) is 3.31. The van der Waals surface area contributed by atoms with E-state index in [1.165, 1.54) is 0 Å². The molecule has 0 N–H and O–H groups in total. The van der Waals surface area contributed by atoms with Crippen molar-refractivity contribution in [1.29, 1.82) is 0 Å². The molecule has 132 valence electrons. The second kappa shape index (κ2) is 7.42. The van der Waals surface area contributed by atoms with Crippen molar-refractivity contribution in [3.05, 3.63) is 48.8 Å². The van der Waals surface area contributed by atoms with Crippen LogP contribution in [0.25, 0.3) is 16.6 Å². The smallest absolute Gasteiger partial charge is 0.129 e. The number of aromatic nitrogens is 3. The lowest BCUT2D eigenvalue weighted by Crippen LogP contribution is -2.49. The van der Waals surface area contributed by atoms with Crippen molar-refractivity contribution in [1.82, 2.24) is 19.7 Å². The summed E-state index contributed by atoms with van der Waals surface area (Å²) < 4.78 is 1.87. The van der Waals surface area contributed by atoms with Crippen molar-refractivity contribution in [2.75, 3.05) is 31.1 Å². The number of benzene rings is 1. The van der Waals surface area contributed by atoms with Gasteiger partial charge in [-0.2, -0.15) is 5.10 Å². The number of fused-ring (bicyclic) bond motifs is 1. The van der Waals surface area contributed by atoms with E-state index >= 15 is 0 Å². The molecule has 25 heavy (non-hydrogen) atoms. The largest absolute Gasteiger partial charge is 0.354 e. The minimum absolute atomic E-state index is 0. The van der Waals surface area contributed by atoms with Gasteiger partial charge in [0.2, 0.25) is 0 Å². The maximum Gasteiger partial charge on any atom is 0.129 e. The summed E-state index contributed by atoms with van der Waals surface area (Å²) in [5.41, 5.74) is 2.10. The predicted molar refractivity (Wildman–Crippen MR) is 105 cm³/mol. The van der Waals surface area contributed by atoms with E-state index in [1.54, 1.807) is 6.20 Å². The van der Waals surface area contributed by atoms with Crippen LogP contribution in [0, 0.1) is 0 Å². The van der Waals surface area contributed by atoms with Gasteiger partial charge in [-0.1, -0.05) is 0 Å². The van der Waals surface area contributed by atoms with E-state index in [-0.39, 0.29) is 12.4 Å². The van der Waals surface area contributed by atoms with E-state index in [1.807, 2.05) is 16.9 Å². The topological polar surface area (TPSA) is 37.2 Å². The molecule has 1 saturated heterocycles. The summed E-state index contributed by atoms with van der Waals surface area (Å²) in [5.74, 6) is 1.08. The summed E-state index contributed by atoms with van der Waals surface area (Å²) in [6.07, 6.45) is 3.75. The first-order valence-electron chi connectivity index (χ1n) is 8.60. The highest BCUT2D eigenvalue weighted by Gasteiger charge is 2.19. The summed E-state index contributed by atoms with van der Waals surface area (Å²) in [6, 6.07) is 13.2. The zero-order chi connectivity index (χ0) is 16.5. The van der Waals surface area contributed by atoms with Crippen molar-refractivity contribution in [2.45, 2.75) is 19.9 Å². The number of hydrogen-bond donors (Lipinski definition) is 0. The van der Waals surface area contributed by atoms with Gasteiger partial charge >= 0.3 is 0 Å². The SMILES string of the molecule is CC(C)N1CCN(c2ccc3cc(-n4cccn4)ccc3n2)CC1.Cl. The van der Waals surface area contributed by atoms with Crippen molar-refractivity contribution in [3.8, 4) is 5.69 Å². The van der Waals surface area contributed by atoms with Crippen LogP contribution in [0.15, 0.2) is 48.8 Å². The second-order valence-corrected chi connectivity index (χ2v) is 6.61. The van der Waals surface area contributed by atoms with Crippen LogP contribution in [-0.4, -0.2) is 51.9 Å². The van der Waals surface area contributed by atoms with Gasteiger partial charge in [0, 0.05) is 50.0 Å². The second-order valence-electron chi connectivity index (χ2n) is 6.61. The Morgan fingerprint density at radius 1 is 1.00 bits per heavy atom. The number of halogens is 1. The number of hydrogen-bond acceptors (Lipinski definition) is 4. The molecule has 2 aromatic heterocycles. The standard InChI is InChI=1S/C19H23N5.ClH/c1-15(2)22-10-12-23(13-11-22)19-7-4-16-14-17(5-6-18(16)21-19)24-9-3-8-20-24;/h3-9,14-15H,10-13H2,1-2H3;1H. The number of anilines is 1. The molecule has 0 bridgehead atoms. The quantitative estimate of drug-likeness (QED) is 0.720. The number of piperazine rings is 1. The van der Waals surface area contributed by atoms with Crippen molar-refractivity contribution >= 4 is 29.1 Å². The highest BCUT2D eigenvalue weighted by atomic mass is 35.5. The molecular formula is C19H24ClN5. The van der Waals surface area contributed by atoms with Crippen LogP contribution >= 0.6 is 12.4 Å². The van der Waals surface area contributed by atoms with Crippen LogP contribution in [0.2, 0.25) is 0 Å². The van der Waals surface area contributed by atoms with Crippen LogP contribution in [0.3, 0.4) is 0 Å². The molecule has 6 heteroatoms. The fourth-order valence-electron chi connectivity index (χ4n) is 3.31. The molecule has 0 spiro atoms. The summed E-state index contributed by atoms with van der Waals surface area (Å²) in [4.78, 5) is 9.78. The third-order valence-corrected chi connectivity index (χ3v) is 4.80. The molecule has 3 heterocycles. The van der Waals surface area contributed by atoms with E-state index in [0.717, 1.165) is 48.6 Å². The van der Waals surface area contributed by atoms with Gasteiger partial charge in [-0.3, -0.25) is 4.90 Å². The van der Waals surface area contributed by atoms with Gasteiger partial charge in [0.25, 0.3) is 0 Å². The van der Waals surface area contributed by atoms with E-state index in [4.69, 9.17) is 4.98 Å². The molecule has 1 fully saturated rings. The first-order valence-corrected chi connectivity index (χ1v) is 8.60. The van der Waals surface area contributed by atoms with E-state index < -0.39 is 0 Å². The van der Waals surface area contributed by atoms with Crippen LogP contribution in [0.5, 0.6) is 0 Å². The lowest BCUT2D eigenvalue weighted by atomic mass is 10.2. The van der Waals surface area contributed by atoms with E-state index in [9.17, 15) is 0 Å². The first kappa shape index (κ1) is 17.7. The molecule has 4 rings (SSSR count). The van der Waals surface area contributed by atoms with Crippen molar-refractivity contribution in [3.63, 3.8) is 0 Å². The fraction of sp³-hybridized carbons (Fsp3) is 0.368. The maximum atomic E-state index is 4.87. The van der Waals surface area contributed by atoms with Gasteiger partial charge in [0.1, 0.15) is 5.82 Å². The summed E-state index contributed by atoms with van der Waals surface area (Å²) in [7, 11) is 0. The first-order chi connectivity index (χ1) is 11.7. The third-order valence-electron chi connectivity index (χ3n) is 4.80. The van der Waals surface area contributed by atoms with Gasteiger partial charge < -0.3 is 4.90 Å². The molecule has 0 radical (unpaired) electrons. The molecule has 0 atom stereocenters. The molecular weight excluding hydrogens is 334 g/mol. The zero-order valence-corrected chi connectivity index (χ0v) is 15.5. The summed E-state index contributed by atoms with van der Waals surface area (Å²) >= 11 is 0. The normalized spacial score (nSPS) is 15.6. The minimum atomic E-state index is 0. The van der Waals surface area contributed by atoms with Gasteiger partial charge in [0.05, 0.1) is 11.2 Å². The highest BCUT2D eigenvalue weighted by molar-refractivity contribution is 5.85.